The summed E-state index contributed by atoms with van der Waals surface area (Å²) in [5.41, 5.74) is 5.60. The zero-order valence-electron chi connectivity index (χ0n) is 9.19. The lowest BCUT2D eigenvalue weighted by molar-refractivity contribution is 0.197. The number of anilines is 1. The molecule has 1 fully saturated rings. The average Bonchev–Trinajstić information content (AvgIpc) is 2.11. The van der Waals surface area contributed by atoms with Gasteiger partial charge in [-0.3, -0.25) is 4.90 Å². The molecular weight excluding hydrogens is 188 g/mol. The number of rotatable bonds is 4. The summed E-state index contributed by atoms with van der Waals surface area (Å²) in [5, 5.41) is 0. The lowest BCUT2D eigenvalue weighted by Crippen LogP contribution is -2.29. The topological polar surface area (TPSA) is 55.0 Å². The first-order valence-corrected chi connectivity index (χ1v) is 5.50. The minimum absolute atomic E-state index is 0.553. The Morgan fingerprint density at radius 3 is 2.93 bits per heavy atom. The van der Waals surface area contributed by atoms with Crippen LogP contribution >= 0.6 is 0 Å². The molecule has 1 aromatic heterocycles. The van der Waals surface area contributed by atoms with Crippen LogP contribution in [-0.2, 0) is 6.54 Å². The normalized spacial score (nSPS) is 16.7. The van der Waals surface area contributed by atoms with Crippen LogP contribution in [0.1, 0.15) is 25.1 Å². The third-order valence-electron chi connectivity index (χ3n) is 2.93. The van der Waals surface area contributed by atoms with E-state index in [1.807, 2.05) is 0 Å². The van der Waals surface area contributed by atoms with Crippen molar-refractivity contribution < 1.29 is 0 Å². The number of nitrogens with two attached hydrogens (primary N) is 1. The fourth-order valence-electron chi connectivity index (χ4n) is 1.91. The van der Waals surface area contributed by atoms with Gasteiger partial charge in [-0.1, -0.05) is 6.42 Å². The largest absolute Gasteiger partial charge is 0.384 e. The quantitative estimate of drug-likeness (QED) is 0.806. The van der Waals surface area contributed by atoms with Gasteiger partial charge in [-0.2, -0.15) is 0 Å². The summed E-state index contributed by atoms with van der Waals surface area (Å²) < 4.78 is 0. The summed E-state index contributed by atoms with van der Waals surface area (Å²) in [7, 11) is 2.12. The zero-order valence-corrected chi connectivity index (χ0v) is 9.19. The predicted octanol–water partition coefficient (Wildman–Crippen LogP) is 1.29. The van der Waals surface area contributed by atoms with Crippen molar-refractivity contribution in [3.63, 3.8) is 0 Å². The molecule has 0 saturated heterocycles. The van der Waals surface area contributed by atoms with E-state index in [0.717, 1.165) is 24.8 Å². The van der Waals surface area contributed by atoms with E-state index in [1.54, 1.807) is 12.3 Å². The van der Waals surface area contributed by atoms with Crippen LogP contribution in [-0.4, -0.2) is 28.5 Å². The predicted molar refractivity (Wildman–Crippen MR) is 60.1 cm³/mol. The maximum absolute atomic E-state index is 5.60. The molecule has 0 radical (unpaired) electrons. The monoisotopic (exact) mass is 206 g/mol. The van der Waals surface area contributed by atoms with Crippen molar-refractivity contribution in [1.82, 2.24) is 14.9 Å². The van der Waals surface area contributed by atoms with Gasteiger partial charge < -0.3 is 5.73 Å². The van der Waals surface area contributed by atoms with Crippen LogP contribution in [0.2, 0.25) is 0 Å². The molecule has 1 aromatic rings. The maximum Gasteiger partial charge on any atom is 0.144 e. The molecule has 2 rings (SSSR count). The molecule has 1 saturated carbocycles. The van der Waals surface area contributed by atoms with E-state index in [9.17, 15) is 0 Å². The van der Waals surface area contributed by atoms with Gasteiger partial charge in [0.15, 0.2) is 0 Å². The molecule has 0 spiro atoms. The van der Waals surface area contributed by atoms with Gasteiger partial charge in [-0.15, -0.1) is 0 Å². The summed E-state index contributed by atoms with van der Waals surface area (Å²) in [6.07, 6.45) is 5.87. The number of nitrogens with zero attached hydrogens (tertiary/aromatic N) is 3. The van der Waals surface area contributed by atoms with Crippen molar-refractivity contribution in [1.29, 1.82) is 0 Å². The van der Waals surface area contributed by atoms with Crippen LogP contribution in [0.15, 0.2) is 12.3 Å². The number of nitrogen functional groups attached to an aromatic ring is 1. The molecular formula is C11H18N4. The van der Waals surface area contributed by atoms with E-state index in [4.69, 9.17) is 5.73 Å². The van der Waals surface area contributed by atoms with Crippen molar-refractivity contribution in [2.24, 2.45) is 5.92 Å². The van der Waals surface area contributed by atoms with E-state index in [-0.39, 0.29) is 0 Å². The van der Waals surface area contributed by atoms with Gasteiger partial charge in [-0.05, 0) is 31.9 Å². The molecule has 1 aliphatic carbocycles. The number of hydrogen-bond acceptors (Lipinski definition) is 4. The molecule has 1 heterocycles. The molecule has 4 heteroatoms. The van der Waals surface area contributed by atoms with Crippen molar-refractivity contribution in [2.45, 2.75) is 25.8 Å². The Hall–Kier alpha value is -1.16. The first kappa shape index (κ1) is 10.4. The average molecular weight is 206 g/mol. The Kier molecular flexibility index (Phi) is 3.16. The zero-order chi connectivity index (χ0) is 10.7. The van der Waals surface area contributed by atoms with E-state index in [1.165, 1.54) is 19.3 Å². The summed E-state index contributed by atoms with van der Waals surface area (Å²) in [6, 6.07) is 1.72. The Bertz CT molecular complexity index is 322. The molecule has 2 N–H and O–H groups in total. The highest BCUT2D eigenvalue weighted by Crippen LogP contribution is 2.26. The van der Waals surface area contributed by atoms with Crippen molar-refractivity contribution in [3.05, 3.63) is 18.1 Å². The highest BCUT2D eigenvalue weighted by Gasteiger charge is 2.19. The minimum Gasteiger partial charge on any atom is -0.384 e. The van der Waals surface area contributed by atoms with Crippen LogP contribution in [0, 0.1) is 5.92 Å². The third-order valence-corrected chi connectivity index (χ3v) is 2.93. The summed E-state index contributed by atoms with van der Waals surface area (Å²) in [5.74, 6) is 2.25. The molecule has 0 bridgehead atoms. The first-order valence-electron chi connectivity index (χ1n) is 5.50. The molecule has 0 amide bonds. The molecule has 4 nitrogen and oxygen atoms in total. The second-order valence-electron chi connectivity index (χ2n) is 4.39. The Morgan fingerprint density at radius 2 is 2.33 bits per heavy atom. The summed E-state index contributed by atoms with van der Waals surface area (Å²) in [6.45, 7) is 1.94. The van der Waals surface area contributed by atoms with Gasteiger partial charge in [0.05, 0.1) is 6.54 Å². The van der Waals surface area contributed by atoms with E-state index in [0.29, 0.717) is 5.82 Å². The highest BCUT2D eigenvalue weighted by molar-refractivity contribution is 5.24. The summed E-state index contributed by atoms with van der Waals surface area (Å²) in [4.78, 5) is 10.7. The van der Waals surface area contributed by atoms with Crippen molar-refractivity contribution in [3.8, 4) is 0 Å². The smallest absolute Gasteiger partial charge is 0.144 e. The lowest BCUT2D eigenvalue weighted by Gasteiger charge is -2.29. The fourth-order valence-corrected chi connectivity index (χ4v) is 1.91. The highest BCUT2D eigenvalue weighted by atomic mass is 15.1. The maximum atomic E-state index is 5.60. The number of hydrogen-bond donors (Lipinski definition) is 1. The Labute approximate surface area is 90.5 Å². The molecule has 0 aromatic carbocycles. The third kappa shape index (κ3) is 2.89. The SMILES string of the molecule is CN(Cc1nccc(N)n1)CC1CCC1. The van der Waals surface area contributed by atoms with Gasteiger partial charge in [0.1, 0.15) is 11.6 Å². The van der Waals surface area contributed by atoms with Gasteiger partial charge in [0.2, 0.25) is 0 Å². The second kappa shape index (κ2) is 4.57. The fraction of sp³-hybridized carbons (Fsp3) is 0.636. The van der Waals surface area contributed by atoms with Crippen LogP contribution in [0.25, 0.3) is 0 Å². The number of aromatic nitrogens is 2. The lowest BCUT2D eigenvalue weighted by atomic mass is 9.85. The van der Waals surface area contributed by atoms with Crippen molar-refractivity contribution >= 4 is 5.82 Å². The molecule has 82 valence electrons. The minimum atomic E-state index is 0.553. The molecule has 1 aliphatic rings. The van der Waals surface area contributed by atoms with Gasteiger partial charge in [0, 0.05) is 12.7 Å². The second-order valence-corrected chi connectivity index (χ2v) is 4.39. The van der Waals surface area contributed by atoms with Crippen LogP contribution in [0.3, 0.4) is 0 Å². The Morgan fingerprint density at radius 1 is 1.53 bits per heavy atom. The van der Waals surface area contributed by atoms with Gasteiger partial charge in [0.25, 0.3) is 0 Å². The molecule has 0 atom stereocenters. The van der Waals surface area contributed by atoms with Crippen LogP contribution < -0.4 is 5.73 Å². The Balaban J connectivity index is 1.84. The van der Waals surface area contributed by atoms with Crippen LogP contribution in [0.4, 0.5) is 5.82 Å². The van der Waals surface area contributed by atoms with Gasteiger partial charge in [-0.25, -0.2) is 9.97 Å². The summed E-state index contributed by atoms with van der Waals surface area (Å²) >= 11 is 0. The molecule has 15 heavy (non-hydrogen) atoms. The standard InChI is InChI=1S/C11H18N4/c1-15(7-9-3-2-4-9)8-11-13-6-5-10(12)14-11/h5-6,9H,2-4,7-8H2,1H3,(H2,12,13,14). The molecule has 0 aliphatic heterocycles. The van der Waals surface area contributed by atoms with Crippen molar-refractivity contribution in [2.75, 3.05) is 19.3 Å². The van der Waals surface area contributed by atoms with E-state index < -0.39 is 0 Å². The first-order chi connectivity index (χ1) is 7.24. The van der Waals surface area contributed by atoms with Crippen LogP contribution in [0.5, 0.6) is 0 Å². The van der Waals surface area contributed by atoms with E-state index >= 15 is 0 Å². The van der Waals surface area contributed by atoms with Gasteiger partial charge >= 0.3 is 0 Å². The van der Waals surface area contributed by atoms with E-state index in [2.05, 4.69) is 21.9 Å². The molecule has 0 unspecified atom stereocenters.